The lowest BCUT2D eigenvalue weighted by Gasteiger charge is -2.36. The van der Waals surface area contributed by atoms with Crippen molar-refractivity contribution in [3.8, 4) is 23.1 Å². The van der Waals surface area contributed by atoms with E-state index >= 15 is 0 Å². The van der Waals surface area contributed by atoms with Crippen molar-refractivity contribution in [2.45, 2.75) is 26.4 Å². The molecule has 2 heterocycles. The van der Waals surface area contributed by atoms with Crippen LogP contribution in [0.2, 0.25) is 0 Å². The Bertz CT molecular complexity index is 818. The zero-order valence-electron chi connectivity index (χ0n) is 17.6. The average Bonchev–Trinajstić information content (AvgIpc) is 2.72. The molecule has 0 bridgehead atoms. The van der Waals surface area contributed by atoms with Crippen molar-refractivity contribution in [2.75, 3.05) is 45.3 Å². The first kappa shape index (κ1) is 20.7. The fourth-order valence-corrected chi connectivity index (χ4v) is 3.04. The zero-order valence-corrected chi connectivity index (χ0v) is 17.6. The van der Waals surface area contributed by atoms with E-state index in [-0.39, 0.29) is 6.09 Å². The number of nitrogens with zero attached hydrogens (tertiary/aromatic N) is 4. The smallest absolute Gasteiger partial charge is 0.410 e. The summed E-state index contributed by atoms with van der Waals surface area (Å²) in [5, 5.41) is 0. The third-order valence-corrected chi connectivity index (χ3v) is 4.52. The predicted octanol–water partition coefficient (Wildman–Crippen LogP) is 3.22. The lowest BCUT2D eigenvalue weighted by atomic mass is 10.1. The number of anilines is 1. The summed E-state index contributed by atoms with van der Waals surface area (Å²) in [7, 11) is 3.12. The number of methoxy groups -OCH3 is 2. The molecule has 8 nitrogen and oxygen atoms in total. The molecule has 29 heavy (non-hydrogen) atoms. The van der Waals surface area contributed by atoms with E-state index in [1.54, 1.807) is 25.2 Å². The number of benzene rings is 1. The van der Waals surface area contributed by atoms with Crippen LogP contribution in [0.4, 0.5) is 10.5 Å². The summed E-state index contributed by atoms with van der Waals surface area (Å²) in [4.78, 5) is 25.0. The van der Waals surface area contributed by atoms with Gasteiger partial charge in [0, 0.05) is 37.4 Å². The number of amides is 1. The molecule has 0 aliphatic carbocycles. The van der Waals surface area contributed by atoms with Crippen molar-refractivity contribution >= 4 is 11.8 Å². The lowest BCUT2D eigenvalue weighted by molar-refractivity contribution is 0.0240. The lowest BCUT2D eigenvalue weighted by Crippen LogP contribution is -2.50. The molecular weight excluding hydrogens is 372 g/mol. The van der Waals surface area contributed by atoms with E-state index in [1.165, 1.54) is 0 Å². The molecular formula is C21H28N4O4. The molecule has 2 aromatic rings. The Balaban J connectivity index is 1.65. The van der Waals surface area contributed by atoms with Gasteiger partial charge in [0.1, 0.15) is 5.60 Å². The Kier molecular flexibility index (Phi) is 6.10. The van der Waals surface area contributed by atoms with Gasteiger partial charge in [0.2, 0.25) is 11.8 Å². The zero-order chi connectivity index (χ0) is 21.0. The first-order valence-electron chi connectivity index (χ1n) is 9.59. The maximum Gasteiger partial charge on any atom is 0.410 e. The Morgan fingerprint density at radius 2 is 1.48 bits per heavy atom. The Labute approximate surface area is 171 Å². The minimum Gasteiger partial charge on any atom is -0.481 e. The van der Waals surface area contributed by atoms with Gasteiger partial charge in [0.25, 0.3) is 0 Å². The Morgan fingerprint density at radius 3 is 1.97 bits per heavy atom. The van der Waals surface area contributed by atoms with Crippen LogP contribution in [0.1, 0.15) is 20.8 Å². The number of piperazine rings is 1. The quantitative estimate of drug-likeness (QED) is 0.780. The Morgan fingerprint density at radius 1 is 0.931 bits per heavy atom. The maximum atomic E-state index is 12.2. The number of carbonyl (C=O) groups is 1. The molecule has 0 saturated carbocycles. The van der Waals surface area contributed by atoms with Gasteiger partial charge >= 0.3 is 6.09 Å². The van der Waals surface area contributed by atoms with Gasteiger partial charge in [-0.2, -0.15) is 9.97 Å². The van der Waals surface area contributed by atoms with Gasteiger partial charge in [-0.25, -0.2) is 4.79 Å². The Hall–Kier alpha value is -3.03. The van der Waals surface area contributed by atoms with Crippen LogP contribution in [0.15, 0.2) is 30.3 Å². The van der Waals surface area contributed by atoms with E-state index in [2.05, 4.69) is 14.9 Å². The molecule has 1 saturated heterocycles. The van der Waals surface area contributed by atoms with Crippen molar-refractivity contribution < 1.29 is 19.0 Å². The van der Waals surface area contributed by atoms with Crippen molar-refractivity contribution in [1.82, 2.24) is 14.9 Å². The van der Waals surface area contributed by atoms with Crippen molar-refractivity contribution in [3.63, 3.8) is 0 Å². The largest absolute Gasteiger partial charge is 0.481 e. The highest BCUT2D eigenvalue weighted by molar-refractivity contribution is 5.69. The summed E-state index contributed by atoms with van der Waals surface area (Å²) in [5.41, 5.74) is 1.49. The molecule has 1 aromatic heterocycles. The van der Waals surface area contributed by atoms with Gasteiger partial charge < -0.3 is 24.0 Å². The van der Waals surface area contributed by atoms with Gasteiger partial charge in [0.05, 0.1) is 20.3 Å². The van der Waals surface area contributed by atoms with Crippen LogP contribution in [-0.2, 0) is 4.74 Å². The molecule has 0 unspecified atom stereocenters. The maximum absolute atomic E-state index is 12.2. The first-order chi connectivity index (χ1) is 13.8. The molecule has 1 aliphatic heterocycles. The summed E-state index contributed by atoms with van der Waals surface area (Å²) in [6, 6.07) is 9.66. The van der Waals surface area contributed by atoms with Crippen LogP contribution in [0.25, 0.3) is 11.4 Å². The van der Waals surface area contributed by atoms with Gasteiger partial charge in [-0.3, -0.25) is 0 Å². The number of hydrogen-bond acceptors (Lipinski definition) is 7. The van der Waals surface area contributed by atoms with Gasteiger partial charge in [-0.1, -0.05) is 0 Å². The molecule has 8 heteroatoms. The topological polar surface area (TPSA) is 77.0 Å². The number of rotatable bonds is 4. The summed E-state index contributed by atoms with van der Waals surface area (Å²) < 4.78 is 15.9. The second-order valence-corrected chi connectivity index (χ2v) is 7.78. The molecule has 1 aliphatic rings. The van der Waals surface area contributed by atoms with E-state index < -0.39 is 5.60 Å². The van der Waals surface area contributed by atoms with E-state index in [0.29, 0.717) is 30.7 Å². The van der Waals surface area contributed by atoms with E-state index in [9.17, 15) is 4.79 Å². The normalized spacial score (nSPS) is 14.5. The van der Waals surface area contributed by atoms with Crippen LogP contribution >= 0.6 is 0 Å². The summed E-state index contributed by atoms with van der Waals surface area (Å²) in [5.74, 6) is 1.45. The van der Waals surface area contributed by atoms with Crippen molar-refractivity contribution in [3.05, 3.63) is 30.3 Å². The fraction of sp³-hybridized carbons (Fsp3) is 0.476. The number of ether oxygens (including phenoxy) is 3. The van der Waals surface area contributed by atoms with Crippen molar-refractivity contribution in [2.24, 2.45) is 0 Å². The highest BCUT2D eigenvalue weighted by Gasteiger charge is 2.26. The van der Waals surface area contributed by atoms with E-state index in [1.807, 2.05) is 45.0 Å². The van der Waals surface area contributed by atoms with Crippen LogP contribution in [0.3, 0.4) is 0 Å². The molecule has 1 aromatic carbocycles. The molecule has 156 valence electrons. The van der Waals surface area contributed by atoms with E-state index in [4.69, 9.17) is 14.2 Å². The second kappa shape index (κ2) is 8.55. The van der Waals surface area contributed by atoms with Crippen LogP contribution < -0.4 is 14.4 Å². The predicted molar refractivity (Wildman–Crippen MR) is 111 cm³/mol. The third-order valence-electron chi connectivity index (χ3n) is 4.52. The highest BCUT2D eigenvalue weighted by atomic mass is 16.6. The first-order valence-corrected chi connectivity index (χ1v) is 9.59. The monoisotopic (exact) mass is 400 g/mol. The van der Waals surface area contributed by atoms with Gasteiger partial charge in [-0.15, -0.1) is 0 Å². The third kappa shape index (κ3) is 5.28. The molecule has 1 fully saturated rings. The molecule has 0 radical (unpaired) electrons. The molecule has 1 amide bonds. The standard InChI is InChI=1S/C21H28N4O4/c1-21(2,3)29-20(26)25-12-10-24(11-13-25)16-8-6-15(7-9-16)19-22-17(27-4)14-18(23-19)28-5/h6-9,14H,10-13H2,1-5H3. The molecule has 0 spiro atoms. The fourth-order valence-electron chi connectivity index (χ4n) is 3.04. The highest BCUT2D eigenvalue weighted by Crippen LogP contribution is 2.25. The SMILES string of the molecule is COc1cc(OC)nc(-c2ccc(N3CCN(C(=O)OC(C)(C)C)CC3)cc2)n1. The van der Waals surface area contributed by atoms with Crippen LogP contribution in [-0.4, -0.2) is 67.0 Å². The molecule has 3 rings (SSSR count). The summed E-state index contributed by atoms with van der Waals surface area (Å²) in [6.45, 7) is 8.41. The van der Waals surface area contributed by atoms with Crippen LogP contribution in [0.5, 0.6) is 11.8 Å². The van der Waals surface area contributed by atoms with E-state index in [0.717, 1.165) is 24.3 Å². The van der Waals surface area contributed by atoms with Crippen molar-refractivity contribution in [1.29, 1.82) is 0 Å². The summed E-state index contributed by atoms with van der Waals surface area (Å²) in [6.07, 6.45) is -0.253. The number of aromatic nitrogens is 2. The van der Waals surface area contributed by atoms with Crippen LogP contribution in [0, 0.1) is 0 Å². The van der Waals surface area contributed by atoms with Gasteiger partial charge in [-0.05, 0) is 45.0 Å². The summed E-state index contributed by atoms with van der Waals surface area (Å²) >= 11 is 0. The number of carbonyl (C=O) groups excluding carboxylic acids is 1. The van der Waals surface area contributed by atoms with Gasteiger partial charge in [0.15, 0.2) is 5.82 Å². The second-order valence-electron chi connectivity index (χ2n) is 7.78. The minimum absolute atomic E-state index is 0.253. The molecule has 0 N–H and O–H groups in total. The molecule has 0 atom stereocenters. The minimum atomic E-state index is -0.477. The average molecular weight is 400 g/mol. The number of hydrogen-bond donors (Lipinski definition) is 0.